The van der Waals surface area contributed by atoms with Gasteiger partial charge in [0.2, 0.25) is 0 Å². The lowest BCUT2D eigenvalue weighted by atomic mass is 10.1. The minimum Gasteiger partial charge on any atom is -0.494 e. The fourth-order valence-corrected chi connectivity index (χ4v) is 1.17. The molecule has 0 amide bonds. The topological polar surface area (TPSA) is 29.5 Å². The normalized spacial score (nSPS) is 14.9. The van der Waals surface area contributed by atoms with E-state index in [-0.39, 0.29) is 6.61 Å². The lowest BCUT2D eigenvalue weighted by Crippen LogP contribution is -2.00. The molecule has 1 N–H and O–H groups in total. The number of aliphatic hydroxyl groups is 1. The minimum atomic E-state index is 0.204. The van der Waals surface area contributed by atoms with E-state index in [1.165, 1.54) is 5.57 Å². The first-order valence-electron chi connectivity index (χ1n) is 5.44. The maximum atomic E-state index is 8.55. The highest BCUT2D eigenvalue weighted by atomic mass is 16.5. The first kappa shape index (κ1) is 13.2. The van der Waals surface area contributed by atoms with Gasteiger partial charge in [-0.2, -0.15) is 0 Å². The molecule has 0 aromatic rings. The van der Waals surface area contributed by atoms with Crippen LogP contribution in [-0.4, -0.2) is 18.3 Å². The Morgan fingerprint density at radius 3 is 2.71 bits per heavy atom. The zero-order valence-corrected chi connectivity index (χ0v) is 9.55. The van der Waals surface area contributed by atoms with Gasteiger partial charge in [0.25, 0.3) is 0 Å². The van der Waals surface area contributed by atoms with Crippen LogP contribution < -0.4 is 0 Å². The number of hydrogen-bond acceptors (Lipinski definition) is 2. The smallest absolute Gasteiger partial charge is 0.117 e. The average molecular weight is 198 g/mol. The molecule has 82 valence electrons. The summed E-state index contributed by atoms with van der Waals surface area (Å²) in [4.78, 5) is 0. The lowest BCUT2D eigenvalue weighted by molar-refractivity contribution is 0.181. The van der Waals surface area contributed by atoms with E-state index in [1.54, 1.807) is 0 Å². The van der Waals surface area contributed by atoms with Crippen molar-refractivity contribution in [3.63, 3.8) is 0 Å². The fourth-order valence-electron chi connectivity index (χ4n) is 1.17. The Morgan fingerprint density at radius 2 is 2.14 bits per heavy atom. The number of rotatable bonds is 4. The summed E-state index contributed by atoms with van der Waals surface area (Å²) in [7, 11) is 0. The quantitative estimate of drug-likeness (QED) is 0.703. The molecule has 0 aliphatic heterocycles. The van der Waals surface area contributed by atoms with Crippen LogP contribution in [0, 0.1) is 0 Å². The molecule has 2 heteroatoms. The molecule has 1 rings (SSSR count). The summed E-state index contributed by atoms with van der Waals surface area (Å²) in [5.41, 5.74) is 1.32. The van der Waals surface area contributed by atoms with Crippen molar-refractivity contribution in [2.45, 2.75) is 40.0 Å². The van der Waals surface area contributed by atoms with E-state index in [4.69, 9.17) is 9.84 Å². The molecule has 0 atom stereocenters. The maximum Gasteiger partial charge on any atom is 0.117 e. The minimum absolute atomic E-state index is 0.204. The second kappa shape index (κ2) is 8.82. The summed E-state index contributed by atoms with van der Waals surface area (Å²) in [6, 6.07) is 0. The van der Waals surface area contributed by atoms with E-state index < -0.39 is 0 Å². The molecule has 0 unspecified atom stereocenters. The number of aliphatic hydroxyl groups excluding tert-OH is 1. The van der Waals surface area contributed by atoms with E-state index >= 15 is 0 Å². The largest absolute Gasteiger partial charge is 0.494 e. The van der Waals surface area contributed by atoms with Crippen molar-refractivity contribution in [3.05, 3.63) is 23.5 Å². The third-order valence-corrected chi connectivity index (χ3v) is 1.94. The molecule has 0 saturated carbocycles. The summed E-state index contributed by atoms with van der Waals surface area (Å²) >= 11 is 0. The van der Waals surface area contributed by atoms with Crippen molar-refractivity contribution < 1.29 is 9.84 Å². The van der Waals surface area contributed by atoms with Gasteiger partial charge >= 0.3 is 0 Å². The van der Waals surface area contributed by atoms with Gasteiger partial charge in [-0.3, -0.25) is 0 Å². The van der Waals surface area contributed by atoms with Crippen LogP contribution in [0.3, 0.4) is 0 Å². The molecule has 0 radical (unpaired) electrons. The van der Waals surface area contributed by atoms with Crippen LogP contribution in [0.1, 0.15) is 40.0 Å². The second-order valence-corrected chi connectivity index (χ2v) is 3.01. The zero-order valence-electron chi connectivity index (χ0n) is 9.55. The van der Waals surface area contributed by atoms with Crippen LogP contribution in [0.2, 0.25) is 0 Å². The summed E-state index contributed by atoms with van der Waals surface area (Å²) in [6.07, 6.45) is 7.09. The van der Waals surface area contributed by atoms with Crippen molar-refractivity contribution in [2.24, 2.45) is 0 Å². The third kappa shape index (κ3) is 5.07. The molecular formula is C12H22O2. The van der Waals surface area contributed by atoms with Gasteiger partial charge in [0.15, 0.2) is 0 Å². The molecule has 0 aromatic heterocycles. The van der Waals surface area contributed by atoms with Gasteiger partial charge in [0.05, 0.1) is 6.61 Å². The van der Waals surface area contributed by atoms with Gasteiger partial charge in [-0.1, -0.05) is 19.9 Å². The Hall–Kier alpha value is -0.760. The van der Waals surface area contributed by atoms with Crippen LogP contribution in [0.4, 0.5) is 0 Å². The van der Waals surface area contributed by atoms with E-state index in [1.807, 2.05) is 19.9 Å². The Balaban J connectivity index is 0.000000791. The molecule has 0 heterocycles. The van der Waals surface area contributed by atoms with Crippen LogP contribution in [0.5, 0.6) is 0 Å². The summed E-state index contributed by atoms with van der Waals surface area (Å²) in [5, 5.41) is 8.55. The molecule has 1 aliphatic rings. The van der Waals surface area contributed by atoms with E-state index in [9.17, 15) is 0 Å². The number of allylic oxidation sites excluding steroid dienone is 3. The van der Waals surface area contributed by atoms with Crippen LogP contribution in [0.25, 0.3) is 0 Å². The average Bonchev–Trinajstić information content (AvgIpc) is 2.24. The standard InChI is InChI=1S/C10H16O2.C2H6/c1-9-5-2-3-6-10(9)12-8-4-7-11;1-2/h3,6,11H,2,4-5,7-8H2,1H3;1-2H3. The van der Waals surface area contributed by atoms with Gasteiger partial charge in [0, 0.05) is 13.0 Å². The third-order valence-electron chi connectivity index (χ3n) is 1.94. The number of ether oxygens (including phenoxy) is 1. The van der Waals surface area contributed by atoms with Gasteiger partial charge < -0.3 is 9.84 Å². The first-order chi connectivity index (χ1) is 6.84. The highest BCUT2D eigenvalue weighted by Crippen LogP contribution is 2.18. The molecule has 0 saturated heterocycles. The fraction of sp³-hybridized carbons (Fsp3) is 0.667. The van der Waals surface area contributed by atoms with Gasteiger partial charge in [0.1, 0.15) is 5.76 Å². The van der Waals surface area contributed by atoms with Crippen molar-refractivity contribution >= 4 is 0 Å². The van der Waals surface area contributed by atoms with Crippen molar-refractivity contribution in [3.8, 4) is 0 Å². The summed E-state index contributed by atoms with van der Waals surface area (Å²) in [6.45, 7) is 6.92. The van der Waals surface area contributed by atoms with Gasteiger partial charge in [-0.25, -0.2) is 0 Å². The molecule has 0 spiro atoms. The van der Waals surface area contributed by atoms with Crippen molar-refractivity contribution in [1.29, 1.82) is 0 Å². The Labute approximate surface area is 87.3 Å². The van der Waals surface area contributed by atoms with E-state index in [0.29, 0.717) is 13.0 Å². The van der Waals surface area contributed by atoms with Crippen molar-refractivity contribution in [1.82, 2.24) is 0 Å². The Morgan fingerprint density at radius 1 is 1.43 bits per heavy atom. The zero-order chi connectivity index (χ0) is 10.8. The molecule has 0 fully saturated rings. The molecule has 14 heavy (non-hydrogen) atoms. The molecular weight excluding hydrogens is 176 g/mol. The van der Waals surface area contributed by atoms with E-state index in [2.05, 4.69) is 13.0 Å². The Kier molecular flexibility index (Phi) is 8.34. The lowest BCUT2D eigenvalue weighted by Gasteiger charge is -2.13. The van der Waals surface area contributed by atoms with Gasteiger partial charge in [-0.15, -0.1) is 0 Å². The Bertz CT molecular complexity index is 192. The predicted octanol–water partition coefficient (Wildman–Crippen LogP) is 3.04. The highest BCUT2D eigenvalue weighted by Gasteiger charge is 2.03. The van der Waals surface area contributed by atoms with Gasteiger partial charge in [-0.05, 0) is 31.4 Å². The van der Waals surface area contributed by atoms with Crippen molar-refractivity contribution in [2.75, 3.05) is 13.2 Å². The SMILES string of the molecule is CC.CC1=C(OCCCO)C=CCC1. The second-order valence-electron chi connectivity index (χ2n) is 3.01. The number of hydrogen-bond donors (Lipinski definition) is 1. The summed E-state index contributed by atoms with van der Waals surface area (Å²) in [5.74, 6) is 0.995. The molecule has 0 bridgehead atoms. The summed E-state index contributed by atoms with van der Waals surface area (Å²) < 4.78 is 5.47. The monoisotopic (exact) mass is 198 g/mol. The first-order valence-corrected chi connectivity index (χ1v) is 5.44. The molecule has 2 nitrogen and oxygen atoms in total. The van der Waals surface area contributed by atoms with Crippen LogP contribution in [0.15, 0.2) is 23.5 Å². The van der Waals surface area contributed by atoms with Crippen LogP contribution in [-0.2, 0) is 4.74 Å². The predicted molar refractivity (Wildman–Crippen MR) is 60.1 cm³/mol. The maximum absolute atomic E-state index is 8.55. The highest BCUT2D eigenvalue weighted by molar-refractivity contribution is 5.22. The molecule has 1 aliphatic carbocycles. The van der Waals surface area contributed by atoms with Crippen LogP contribution >= 0.6 is 0 Å². The molecule has 0 aromatic carbocycles. The van der Waals surface area contributed by atoms with E-state index in [0.717, 1.165) is 18.6 Å².